The van der Waals surface area contributed by atoms with Crippen LogP contribution in [0.2, 0.25) is 0 Å². The lowest BCUT2D eigenvalue weighted by molar-refractivity contribution is 0.0739. The Labute approximate surface area is 151 Å². The number of fused-ring (bicyclic) bond motifs is 1. The molecule has 0 N–H and O–H groups in total. The summed E-state index contributed by atoms with van der Waals surface area (Å²) in [7, 11) is 1.70. The van der Waals surface area contributed by atoms with Gasteiger partial charge in [0.1, 0.15) is 0 Å². The predicted molar refractivity (Wildman–Crippen MR) is 101 cm³/mol. The van der Waals surface area contributed by atoms with Crippen molar-refractivity contribution < 1.29 is 9.53 Å². The number of carbonyl (C=O) groups is 1. The number of rotatable bonds is 5. The second-order valence-electron chi connectivity index (χ2n) is 6.42. The van der Waals surface area contributed by atoms with Crippen LogP contribution in [-0.4, -0.2) is 35.6 Å². The van der Waals surface area contributed by atoms with Crippen molar-refractivity contribution >= 4 is 28.1 Å². The summed E-state index contributed by atoms with van der Waals surface area (Å²) in [6.45, 7) is 2.21. The Kier molecular flexibility index (Phi) is 4.59. The number of ether oxygens (including phenoxy) is 1. The summed E-state index contributed by atoms with van der Waals surface area (Å²) >= 11 is 1.74. The summed E-state index contributed by atoms with van der Waals surface area (Å²) in [6, 6.07) is 12.6. The highest BCUT2D eigenvalue weighted by Crippen LogP contribution is 2.36. The molecule has 2 aromatic heterocycles. The normalized spacial score (nSPS) is 17.5. The molecule has 1 saturated heterocycles. The molecule has 0 aliphatic carbocycles. The number of nitrogens with zero attached hydrogens (tertiary/aromatic N) is 2. The van der Waals surface area contributed by atoms with Crippen molar-refractivity contribution in [1.82, 2.24) is 9.47 Å². The lowest BCUT2D eigenvalue weighted by Gasteiger charge is -2.23. The third-order valence-corrected chi connectivity index (χ3v) is 5.91. The quantitative estimate of drug-likeness (QED) is 0.684. The summed E-state index contributed by atoms with van der Waals surface area (Å²) < 4.78 is 7.34. The standard InChI is InChI=1S/C20H22N2O2S/c1-24-12-11-21-14-16(15-6-2-3-7-17(15)21)20(23)22-10-4-8-18(22)19-9-5-13-25-19/h2-3,5-7,9,13-14,18H,4,8,10-12H2,1H3/t18-/m1/s1. The van der Waals surface area contributed by atoms with E-state index in [1.54, 1.807) is 18.4 Å². The maximum atomic E-state index is 13.3. The largest absolute Gasteiger partial charge is 0.383 e. The fourth-order valence-corrected chi connectivity index (χ4v) is 4.61. The average molecular weight is 354 g/mol. The number of thiophene rings is 1. The molecule has 3 heterocycles. The van der Waals surface area contributed by atoms with Crippen molar-refractivity contribution in [3.05, 3.63) is 58.4 Å². The molecular weight excluding hydrogens is 332 g/mol. The second-order valence-corrected chi connectivity index (χ2v) is 7.40. The molecule has 1 amide bonds. The molecule has 0 bridgehead atoms. The molecular formula is C20H22N2O2S. The zero-order valence-electron chi connectivity index (χ0n) is 14.4. The molecule has 0 saturated carbocycles. The van der Waals surface area contributed by atoms with E-state index in [-0.39, 0.29) is 11.9 Å². The van der Waals surface area contributed by atoms with Gasteiger partial charge in [0.05, 0.1) is 18.2 Å². The van der Waals surface area contributed by atoms with Crippen LogP contribution in [0.15, 0.2) is 48.0 Å². The Morgan fingerprint density at radius 3 is 2.96 bits per heavy atom. The molecule has 0 unspecified atom stereocenters. The molecule has 3 aromatic rings. The smallest absolute Gasteiger partial charge is 0.256 e. The van der Waals surface area contributed by atoms with E-state index in [1.807, 2.05) is 29.3 Å². The monoisotopic (exact) mass is 354 g/mol. The Balaban J connectivity index is 1.70. The lowest BCUT2D eigenvalue weighted by Crippen LogP contribution is -2.30. The molecule has 1 aliphatic heterocycles. The summed E-state index contributed by atoms with van der Waals surface area (Å²) in [5.74, 6) is 0.142. The number of likely N-dealkylation sites (tertiary alicyclic amines) is 1. The number of methoxy groups -OCH3 is 1. The van der Waals surface area contributed by atoms with Gasteiger partial charge in [-0.2, -0.15) is 0 Å². The van der Waals surface area contributed by atoms with Gasteiger partial charge in [-0.1, -0.05) is 24.3 Å². The summed E-state index contributed by atoms with van der Waals surface area (Å²) in [6.07, 6.45) is 4.11. The van der Waals surface area contributed by atoms with E-state index in [4.69, 9.17) is 4.74 Å². The first-order chi connectivity index (χ1) is 12.3. The average Bonchev–Trinajstić information content (AvgIpc) is 3.38. The summed E-state index contributed by atoms with van der Waals surface area (Å²) in [5, 5.41) is 3.12. The third-order valence-electron chi connectivity index (χ3n) is 4.94. The van der Waals surface area contributed by atoms with E-state index in [9.17, 15) is 4.79 Å². The highest BCUT2D eigenvalue weighted by molar-refractivity contribution is 7.10. The van der Waals surface area contributed by atoms with E-state index in [0.717, 1.165) is 42.4 Å². The number of hydrogen-bond donors (Lipinski definition) is 0. The van der Waals surface area contributed by atoms with Crippen LogP contribution in [0.4, 0.5) is 0 Å². The lowest BCUT2D eigenvalue weighted by atomic mass is 10.1. The van der Waals surface area contributed by atoms with Gasteiger partial charge in [-0.15, -0.1) is 11.3 Å². The van der Waals surface area contributed by atoms with Crippen molar-refractivity contribution in [2.45, 2.75) is 25.4 Å². The minimum absolute atomic E-state index is 0.142. The van der Waals surface area contributed by atoms with E-state index >= 15 is 0 Å². The molecule has 1 aliphatic rings. The van der Waals surface area contributed by atoms with Crippen molar-refractivity contribution in [2.24, 2.45) is 0 Å². The molecule has 5 heteroatoms. The number of benzene rings is 1. The zero-order valence-corrected chi connectivity index (χ0v) is 15.2. The molecule has 1 atom stereocenters. The van der Waals surface area contributed by atoms with E-state index in [1.165, 1.54) is 4.88 Å². The predicted octanol–water partition coefficient (Wildman–Crippen LogP) is 4.33. The van der Waals surface area contributed by atoms with Crippen molar-refractivity contribution in [3.63, 3.8) is 0 Å². The number of para-hydroxylation sites is 1. The number of hydrogen-bond acceptors (Lipinski definition) is 3. The molecule has 4 rings (SSSR count). The van der Waals surface area contributed by atoms with Crippen molar-refractivity contribution in [1.29, 1.82) is 0 Å². The Bertz CT molecular complexity index is 869. The minimum Gasteiger partial charge on any atom is -0.383 e. The highest BCUT2D eigenvalue weighted by Gasteiger charge is 2.32. The van der Waals surface area contributed by atoms with Crippen LogP contribution >= 0.6 is 11.3 Å². The van der Waals surface area contributed by atoms with Gasteiger partial charge in [0.25, 0.3) is 5.91 Å². The number of aromatic nitrogens is 1. The first kappa shape index (κ1) is 16.4. The highest BCUT2D eigenvalue weighted by atomic mass is 32.1. The fourth-order valence-electron chi connectivity index (χ4n) is 3.73. The van der Waals surface area contributed by atoms with Crippen LogP contribution in [0, 0.1) is 0 Å². The van der Waals surface area contributed by atoms with Crippen LogP contribution in [-0.2, 0) is 11.3 Å². The summed E-state index contributed by atoms with van der Waals surface area (Å²) in [4.78, 5) is 16.7. The van der Waals surface area contributed by atoms with Gasteiger partial charge in [-0.05, 0) is 30.4 Å². The van der Waals surface area contributed by atoms with E-state index in [0.29, 0.717) is 6.61 Å². The third kappa shape index (κ3) is 2.98. The fraction of sp³-hybridized carbons (Fsp3) is 0.350. The van der Waals surface area contributed by atoms with Crippen molar-refractivity contribution in [2.75, 3.05) is 20.3 Å². The van der Waals surface area contributed by atoms with Crippen LogP contribution in [0.25, 0.3) is 10.9 Å². The van der Waals surface area contributed by atoms with E-state index in [2.05, 4.69) is 28.1 Å². The minimum atomic E-state index is 0.142. The molecule has 0 radical (unpaired) electrons. The zero-order chi connectivity index (χ0) is 17.2. The maximum Gasteiger partial charge on any atom is 0.256 e. The van der Waals surface area contributed by atoms with Gasteiger partial charge in [0.2, 0.25) is 0 Å². The molecule has 4 nitrogen and oxygen atoms in total. The molecule has 0 spiro atoms. The van der Waals surface area contributed by atoms with Crippen LogP contribution in [0.3, 0.4) is 0 Å². The van der Waals surface area contributed by atoms with Crippen LogP contribution in [0.1, 0.15) is 34.1 Å². The molecule has 25 heavy (non-hydrogen) atoms. The summed E-state index contributed by atoms with van der Waals surface area (Å²) in [5.41, 5.74) is 1.89. The van der Waals surface area contributed by atoms with Crippen LogP contribution in [0.5, 0.6) is 0 Å². The van der Waals surface area contributed by atoms with Gasteiger partial charge in [0, 0.05) is 42.2 Å². The maximum absolute atomic E-state index is 13.3. The molecule has 130 valence electrons. The first-order valence-electron chi connectivity index (χ1n) is 8.71. The van der Waals surface area contributed by atoms with Gasteiger partial charge < -0.3 is 14.2 Å². The van der Waals surface area contributed by atoms with E-state index < -0.39 is 0 Å². The van der Waals surface area contributed by atoms with Crippen molar-refractivity contribution in [3.8, 4) is 0 Å². The Morgan fingerprint density at radius 2 is 2.16 bits per heavy atom. The van der Waals surface area contributed by atoms with Gasteiger partial charge >= 0.3 is 0 Å². The van der Waals surface area contributed by atoms with Gasteiger partial charge in [0.15, 0.2) is 0 Å². The Hall–Kier alpha value is -2.11. The second kappa shape index (κ2) is 7.02. The molecule has 1 aromatic carbocycles. The molecule has 1 fully saturated rings. The SMILES string of the molecule is COCCn1cc(C(=O)N2CCC[C@@H]2c2cccs2)c2ccccc21. The first-order valence-corrected chi connectivity index (χ1v) is 9.58. The number of amides is 1. The number of carbonyl (C=O) groups excluding carboxylic acids is 1. The van der Waals surface area contributed by atoms with Gasteiger partial charge in [-0.25, -0.2) is 0 Å². The van der Waals surface area contributed by atoms with Crippen LogP contribution < -0.4 is 0 Å². The van der Waals surface area contributed by atoms with Gasteiger partial charge in [-0.3, -0.25) is 4.79 Å². The topological polar surface area (TPSA) is 34.5 Å². The Morgan fingerprint density at radius 1 is 1.28 bits per heavy atom.